The highest BCUT2D eigenvalue weighted by molar-refractivity contribution is 7.10. The third-order valence-corrected chi connectivity index (χ3v) is 3.65. The van der Waals surface area contributed by atoms with E-state index in [0.717, 1.165) is 29.7 Å². The Kier molecular flexibility index (Phi) is 2.00. The zero-order valence-electron chi connectivity index (χ0n) is 7.67. The van der Waals surface area contributed by atoms with Gasteiger partial charge < -0.3 is 5.73 Å². The van der Waals surface area contributed by atoms with Gasteiger partial charge in [-0.25, -0.2) is 0 Å². The number of Topliss-reactive ketones (excluding diaryl/α,β-unsaturated/α-hetero) is 1. The number of aryl methyl sites for hydroxylation is 1. The highest BCUT2D eigenvalue weighted by Gasteiger charge is 2.40. The van der Waals surface area contributed by atoms with E-state index in [-0.39, 0.29) is 5.78 Å². The van der Waals surface area contributed by atoms with E-state index in [1.165, 1.54) is 0 Å². The molecule has 0 spiro atoms. The minimum atomic E-state index is -0.536. The summed E-state index contributed by atoms with van der Waals surface area (Å²) in [4.78, 5) is 13.0. The maximum Gasteiger partial charge on any atom is 0.183 e. The summed E-state index contributed by atoms with van der Waals surface area (Å²) in [6.45, 7) is 1.97. The van der Waals surface area contributed by atoms with Crippen LogP contribution in [0.3, 0.4) is 0 Å². The number of ketones is 1. The number of carbonyl (C=O) groups is 1. The molecule has 0 bridgehead atoms. The molecule has 1 heterocycles. The van der Waals surface area contributed by atoms with Crippen LogP contribution in [0.2, 0.25) is 0 Å². The average molecular weight is 195 g/mol. The van der Waals surface area contributed by atoms with E-state index in [0.29, 0.717) is 0 Å². The standard InChI is InChI=1S/C10H13NOS/c1-7-8(3-6-13-7)9(12)10(11)4-2-5-10/h3,6H,2,4-5,11H2,1H3. The molecule has 3 heteroatoms. The van der Waals surface area contributed by atoms with Crippen molar-refractivity contribution >= 4 is 17.1 Å². The average Bonchev–Trinajstić information content (AvgIpc) is 2.46. The number of nitrogens with two attached hydrogens (primary N) is 1. The monoisotopic (exact) mass is 195 g/mol. The van der Waals surface area contributed by atoms with E-state index in [9.17, 15) is 4.79 Å². The minimum Gasteiger partial charge on any atom is -0.319 e. The Morgan fingerprint density at radius 1 is 1.62 bits per heavy atom. The van der Waals surface area contributed by atoms with Gasteiger partial charge in [0.05, 0.1) is 5.54 Å². The van der Waals surface area contributed by atoms with Gasteiger partial charge in [0.1, 0.15) is 0 Å². The van der Waals surface area contributed by atoms with Crippen LogP contribution in [0.4, 0.5) is 0 Å². The quantitative estimate of drug-likeness (QED) is 0.734. The van der Waals surface area contributed by atoms with Crippen molar-refractivity contribution in [2.24, 2.45) is 5.73 Å². The number of rotatable bonds is 2. The Labute approximate surface area is 81.8 Å². The van der Waals surface area contributed by atoms with Crippen LogP contribution >= 0.6 is 11.3 Å². The highest BCUT2D eigenvalue weighted by atomic mass is 32.1. The second-order valence-electron chi connectivity index (χ2n) is 3.73. The number of carbonyl (C=O) groups excluding carboxylic acids is 1. The molecule has 0 aromatic carbocycles. The third kappa shape index (κ3) is 1.32. The minimum absolute atomic E-state index is 0.137. The van der Waals surface area contributed by atoms with Gasteiger partial charge in [-0.1, -0.05) is 0 Å². The first-order valence-electron chi connectivity index (χ1n) is 4.51. The predicted molar refractivity (Wildman–Crippen MR) is 54.2 cm³/mol. The van der Waals surface area contributed by atoms with Crippen LogP contribution in [-0.2, 0) is 0 Å². The fraction of sp³-hybridized carbons (Fsp3) is 0.500. The molecule has 1 aliphatic rings. The van der Waals surface area contributed by atoms with E-state index in [2.05, 4.69) is 0 Å². The summed E-state index contributed by atoms with van der Waals surface area (Å²) < 4.78 is 0. The summed E-state index contributed by atoms with van der Waals surface area (Å²) in [6, 6.07) is 1.88. The molecule has 0 amide bonds. The Morgan fingerprint density at radius 2 is 2.31 bits per heavy atom. The molecule has 0 saturated heterocycles. The van der Waals surface area contributed by atoms with Crippen LogP contribution in [0.1, 0.15) is 34.5 Å². The fourth-order valence-corrected chi connectivity index (χ4v) is 2.37. The molecule has 2 N–H and O–H groups in total. The molecule has 1 saturated carbocycles. The summed E-state index contributed by atoms with van der Waals surface area (Å²) >= 11 is 1.61. The maximum atomic E-state index is 11.9. The van der Waals surface area contributed by atoms with Crippen LogP contribution in [0.5, 0.6) is 0 Å². The summed E-state index contributed by atoms with van der Waals surface area (Å²) in [5.74, 6) is 0.137. The predicted octanol–water partition coefficient (Wildman–Crippen LogP) is 2.12. The number of thiophene rings is 1. The SMILES string of the molecule is Cc1sccc1C(=O)C1(N)CCC1. The molecule has 0 unspecified atom stereocenters. The lowest BCUT2D eigenvalue weighted by molar-refractivity contribution is 0.0800. The summed E-state index contributed by atoms with van der Waals surface area (Å²) in [5.41, 5.74) is 6.25. The molecule has 1 aromatic rings. The van der Waals surface area contributed by atoms with Gasteiger partial charge in [-0.15, -0.1) is 11.3 Å². The molecule has 70 valence electrons. The smallest absolute Gasteiger partial charge is 0.183 e. The van der Waals surface area contributed by atoms with Crippen LogP contribution < -0.4 is 5.73 Å². The molecule has 0 radical (unpaired) electrons. The van der Waals surface area contributed by atoms with E-state index in [4.69, 9.17) is 5.73 Å². The van der Waals surface area contributed by atoms with Gasteiger partial charge in [0.2, 0.25) is 0 Å². The van der Waals surface area contributed by atoms with Gasteiger partial charge in [0, 0.05) is 10.4 Å². The van der Waals surface area contributed by atoms with Crippen molar-refractivity contribution in [3.63, 3.8) is 0 Å². The molecular weight excluding hydrogens is 182 g/mol. The largest absolute Gasteiger partial charge is 0.319 e. The van der Waals surface area contributed by atoms with E-state index < -0.39 is 5.54 Å². The van der Waals surface area contributed by atoms with Gasteiger partial charge in [-0.3, -0.25) is 4.79 Å². The second-order valence-corrected chi connectivity index (χ2v) is 4.85. The van der Waals surface area contributed by atoms with Crippen molar-refractivity contribution in [2.45, 2.75) is 31.7 Å². The van der Waals surface area contributed by atoms with Crippen molar-refractivity contribution in [1.82, 2.24) is 0 Å². The Morgan fingerprint density at radius 3 is 2.69 bits per heavy atom. The highest BCUT2D eigenvalue weighted by Crippen LogP contribution is 2.33. The van der Waals surface area contributed by atoms with Gasteiger partial charge in [0.25, 0.3) is 0 Å². The van der Waals surface area contributed by atoms with E-state index in [1.54, 1.807) is 11.3 Å². The molecule has 2 rings (SSSR count). The zero-order valence-corrected chi connectivity index (χ0v) is 8.49. The summed E-state index contributed by atoms with van der Waals surface area (Å²) in [7, 11) is 0. The lowest BCUT2D eigenvalue weighted by atomic mass is 9.73. The molecule has 0 atom stereocenters. The summed E-state index contributed by atoms with van der Waals surface area (Å²) in [6.07, 6.45) is 2.79. The van der Waals surface area contributed by atoms with Crippen LogP contribution in [0, 0.1) is 6.92 Å². The maximum absolute atomic E-state index is 11.9. The number of hydrogen-bond donors (Lipinski definition) is 1. The van der Waals surface area contributed by atoms with E-state index >= 15 is 0 Å². The molecule has 13 heavy (non-hydrogen) atoms. The van der Waals surface area contributed by atoms with Gasteiger partial charge in [-0.2, -0.15) is 0 Å². The number of hydrogen-bond acceptors (Lipinski definition) is 3. The van der Waals surface area contributed by atoms with Crippen molar-refractivity contribution in [3.05, 3.63) is 21.9 Å². The molecule has 1 aromatic heterocycles. The molecule has 1 aliphatic carbocycles. The lowest BCUT2D eigenvalue weighted by Gasteiger charge is -2.36. The van der Waals surface area contributed by atoms with Crippen LogP contribution in [-0.4, -0.2) is 11.3 Å². The third-order valence-electron chi connectivity index (χ3n) is 2.80. The summed E-state index contributed by atoms with van der Waals surface area (Å²) in [5, 5.41) is 1.95. The Hall–Kier alpha value is -0.670. The molecule has 0 aliphatic heterocycles. The fourth-order valence-electron chi connectivity index (χ4n) is 1.67. The van der Waals surface area contributed by atoms with Crippen LogP contribution in [0.25, 0.3) is 0 Å². The molecule has 1 fully saturated rings. The lowest BCUT2D eigenvalue weighted by Crippen LogP contribution is -2.53. The zero-order chi connectivity index (χ0) is 9.47. The first-order valence-corrected chi connectivity index (χ1v) is 5.39. The van der Waals surface area contributed by atoms with E-state index in [1.807, 2.05) is 18.4 Å². The van der Waals surface area contributed by atoms with Gasteiger partial charge in [0.15, 0.2) is 5.78 Å². The van der Waals surface area contributed by atoms with Gasteiger partial charge in [-0.05, 0) is 37.6 Å². The first-order chi connectivity index (χ1) is 6.13. The van der Waals surface area contributed by atoms with Crippen molar-refractivity contribution in [1.29, 1.82) is 0 Å². The van der Waals surface area contributed by atoms with Crippen molar-refractivity contribution < 1.29 is 4.79 Å². The second kappa shape index (κ2) is 2.93. The molecular formula is C10H13NOS. The van der Waals surface area contributed by atoms with Crippen LogP contribution in [0.15, 0.2) is 11.4 Å². The topological polar surface area (TPSA) is 43.1 Å². The van der Waals surface area contributed by atoms with Crippen molar-refractivity contribution in [3.8, 4) is 0 Å². The first kappa shape index (κ1) is 8.91. The van der Waals surface area contributed by atoms with Crippen molar-refractivity contribution in [2.75, 3.05) is 0 Å². The Balaban J connectivity index is 2.27. The normalized spacial score (nSPS) is 19.5. The Bertz CT molecular complexity index is 338. The van der Waals surface area contributed by atoms with Gasteiger partial charge >= 0.3 is 0 Å². The molecule has 2 nitrogen and oxygen atoms in total.